The fourth-order valence-corrected chi connectivity index (χ4v) is 3.51. The summed E-state index contributed by atoms with van der Waals surface area (Å²) in [6, 6.07) is 3.69. The van der Waals surface area contributed by atoms with Crippen LogP contribution in [0.2, 0.25) is 0 Å². The second kappa shape index (κ2) is 10.0. The van der Waals surface area contributed by atoms with Crippen molar-refractivity contribution in [3.63, 3.8) is 0 Å². The summed E-state index contributed by atoms with van der Waals surface area (Å²) in [6.45, 7) is 5.73. The summed E-state index contributed by atoms with van der Waals surface area (Å²) < 4.78 is 34.3. The third kappa shape index (κ3) is 6.83. The second-order valence-electron chi connectivity index (χ2n) is 5.47. The van der Waals surface area contributed by atoms with Gasteiger partial charge in [0.25, 0.3) is 0 Å². The van der Waals surface area contributed by atoms with E-state index in [0.29, 0.717) is 17.5 Å². The van der Waals surface area contributed by atoms with E-state index in [1.165, 1.54) is 25.7 Å². The molecule has 1 aromatic carbocycles. The molecule has 0 aliphatic heterocycles. The first-order valence-electron chi connectivity index (χ1n) is 7.43. The monoisotopic (exact) mass is 320 g/mol. The topological polar surface area (TPSA) is 57.2 Å². The third-order valence-electron chi connectivity index (χ3n) is 3.81. The average molecular weight is 320 g/mol. The predicted octanol–water partition coefficient (Wildman–Crippen LogP) is 1.11. The minimum absolute atomic E-state index is 0. The molecule has 114 valence electrons. The minimum Gasteiger partial charge on any atom is -0.744 e. The number of unbranched alkanes of at least 4 members (excludes halogenated alkanes) is 5. The van der Waals surface area contributed by atoms with E-state index in [1.54, 1.807) is 13.0 Å². The van der Waals surface area contributed by atoms with Crippen LogP contribution in [-0.4, -0.2) is 13.0 Å². The van der Waals surface area contributed by atoms with Gasteiger partial charge in [0.2, 0.25) is 0 Å². The number of rotatable bonds is 8. The van der Waals surface area contributed by atoms with Crippen LogP contribution in [0.15, 0.2) is 17.0 Å². The molecule has 5 heteroatoms. The van der Waals surface area contributed by atoms with Crippen LogP contribution in [0.3, 0.4) is 0 Å². The van der Waals surface area contributed by atoms with E-state index in [1.807, 2.05) is 13.0 Å². The molecule has 0 aromatic heterocycles. The molecule has 0 atom stereocenters. The summed E-state index contributed by atoms with van der Waals surface area (Å²) in [4.78, 5) is 0.00561. The van der Waals surface area contributed by atoms with Crippen molar-refractivity contribution in [1.29, 1.82) is 0 Å². The maximum Gasteiger partial charge on any atom is 1.00 e. The molecule has 0 radical (unpaired) electrons. The van der Waals surface area contributed by atoms with Crippen molar-refractivity contribution in [2.45, 2.75) is 70.6 Å². The Kier molecular flexibility index (Phi) is 10.1. The van der Waals surface area contributed by atoms with Gasteiger partial charge in [0.1, 0.15) is 10.1 Å². The van der Waals surface area contributed by atoms with Crippen LogP contribution in [0, 0.1) is 13.8 Å². The van der Waals surface area contributed by atoms with Crippen LogP contribution in [0.1, 0.15) is 62.1 Å². The van der Waals surface area contributed by atoms with Gasteiger partial charge in [-0.05, 0) is 43.4 Å². The Hall–Kier alpha value is 0.130. The van der Waals surface area contributed by atoms with Crippen molar-refractivity contribution >= 4 is 10.1 Å². The van der Waals surface area contributed by atoms with E-state index in [-0.39, 0.29) is 34.5 Å². The van der Waals surface area contributed by atoms with Gasteiger partial charge in [-0.15, -0.1) is 0 Å². The number of aryl methyl sites for hydroxylation is 2. The molecule has 0 saturated heterocycles. The van der Waals surface area contributed by atoms with Gasteiger partial charge in [0.15, 0.2) is 0 Å². The van der Waals surface area contributed by atoms with Crippen LogP contribution in [0.25, 0.3) is 0 Å². The fraction of sp³-hybridized carbons (Fsp3) is 0.625. The Morgan fingerprint density at radius 1 is 1.00 bits per heavy atom. The van der Waals surface area contributed by atoms with Gasteiger partial charge in [0.05, 0.1) is 4.90 Å². The van der Waals surface area contributed by atoms with Crippen molar-refractivity contribution in [2.75, 3.05) is 0 Å². The SMILES string of the molecule is CCCCCCCCc1ccc(C)c(C)c1S(=O)(=O)[O-].[Na+]. The Morgan fingerprint density at radius 2 is 1.57 bits per heavy atom. The molecule has 1 rings (SSSR count). The molecular weight excluding hydrogens is 295 g/mol. The predicted molar refractivity (Wildman–Crippen MR) is 81.0 cm³/mol. The second-order valence-corrected chi connectivity index (χ2v) is 6.78. The molecule has 0 fully saturated rings. The van der Waals surface area contributed by atoms with Crippen LogP contribution in [-0.2, 0) is 16.5 Å². The molecule has 21 heavy (non-hydrogen) atoms. The standard InChI is InChI=1S/C16H26O3S.Na/c1-4-5-6-7-8-9-10-15-12-11-13(2)14(3)16(15)20(17,18)19;/h11-12H,4-10H2,1-3H3,(H,17,18,19);/q;+1/p-1. The smallest absolute Gasteiger partial charge is 0.744 e. The fourth-order valence-electron chi connectivity index (χ4n) is 2.49. The van der Waals surface area contributed by atoms with Gasteiger partial charge in [0, 0.05) is 0 Å². The van der Waals surface area contributed by atoms with Crippen molar-refractivity contribution in [3.05, 3.63) is 28.8 Å². The molecule has 0 saturated carbocycles. The van der Waals surface area contributed by atoms with Gasteiger partial charge < -0.3 is 4.55 Å². The Morgan fingerprint density at radius 3 is 2.14 bits per heavy atom. The average Bonchev–Trinajstić information content (AvgIpc) is 2.36. The summed E-state index contributed by atoms with van der Waals surface area (Å²) in [6.07, 6.45) is 7.58. The first-order valence-corrected chi connectivity index (χ1v) is 8.83. The van der Waals surface area contributed by atoms with Gasteiger partial charge in [-0.25, -0.2) is 8.42 Å². The molecule has 0 aliphatic rings. The van der Waals surface area contributed by atoms with Gasteiger partial charge >= 0.3 is 29.6 Å². The summed E-state index contributed by atoms with van der Waals surface area (Å²) in [5.74, 6) is 0. The molecule has 1 aromatic rings. The quantitative estimate of drug-likeness (QED) is 0.410. The molecular formula is C16H25NaO3S. The van der Waals surface area contributed by atoms with Crippen LogP contribution in [0.4, 0.5) is 0 Å². The molecule has 0 bridgehead atoms. The first-order chi connectivity index (χ1) is 9.38. The van der Waals surface area contributed by atoms with E-state index in [4.69, 9.17) is 0 Å². The molecule has 0 N–H and O–H groups in total. The molecule has 0 amide bonds. The van der Waals surface area contributed by atoms with E-state index in [9.17, 15) is 13.0 Å². The van der Waals surface area contributed by atoms with Gasteiger partial charge in [-0.3, -0.25) is 0 Å². The van der Waals surface area contributed by atoms with Crippen LogP contribution in [0.5, 0.6) is 0 Å². The molecule has 0 heterocycles. The summed E-state index contributed by atoms with van der Waals surface area (Å²) >= 11 is 0. The normalized spacial score (nSPS) is 11.2. The molecule has 0 spiro atoms. The molecule has 3 nitrogen and oxygen atoms in total. The van der Waals surface area contributed by atoms with E-state index >= 15 is 0 Å². The molecule has 0 aliphatic carbocycles. The maximum absolute atomic E-state index is 11.4. The van der Waals surface area contributed by atoms with E-state index in [0.717, 1.165) is 18.4 Å². The maximum atomic E-state index is 11.4. The van der Waals surface area contributed by atoms with Crippen molar-refractivity contribution < 1.29 is 42.5 Å². The van der Waals surface area contributed by atoms with E-state index in [2.05, 4.69) is 6.92 Å². The van der Waals surface area contributed by atoms with Crippen LogP contribution >= 0.6 is 0 Å². The number of hydrogen-bond acceptors (Lipinski definition) is 3. The largest absolute Gasteiger partial charge is 1.00 e. The third-order valence-corrected chi connectivity index (χ3v) is 4.88. The van der Waals surface area contributed by atoms with E-state index < -0.39 is 10.1 Å². The number of benzene rings is 1. The summed E-state index contributed by atoms with van der Waals surface area (Å²) in [5.41, 5.74) is 2.13. The Bertz CT molecular complexity index is 539. The van der Waals surface area contributed by atoms with Crippen molar-refractivity contribution in [1.82, 2.24) is 0 Å². The zero-order valence-electron chi connectivity index (χ0n) is 13.7. The zero-order chi connectivity index (χ0) is 15.2. The first kappa shape index (κ1) is 21.1. The van der Waals surface area contributed by atoms with Crippen molar-refractivity contribution in [2.24, 2.45) is 0 Å². The van der Waals surface area contributed by atoms with Gasteiger partial charge in [-0.2, -0.15) is 0 Å². The number of hydrogen-bond donors (Lipinski definition) is 0. The van der Waals surface area contributed by atoms with Crippen molar-refractivity contribution in [3.8, 4) is 0 Å². The Labute approximate surface area is 151 Å². The summed E-state index contributed by atoms with van der Waals surface area (Å²) in [5, 5.41) is 0. The Balaban J connectivity index is 0.00000400. The minimum atomic E-state index is -4.39. The van der Waals surface area contributed by atoms with Crippen LogP contribution < -0.4 is 29.6 Å². The van der Waals surface area contributed by atoms with Gasteiger partial charge in [-0.1, -0.05) is 51.2 Å². The summed E-state index contributed by atoms with van der Waals surface area (Å²) in [7, 11) is -4.39. The zero-order valence-corrected chi connectivity index (χ0v) is 16.6. The molecule has 0 unspecified atom stereocenters.